The fourth-order valence-corrected chi connectivity index (χ4v) is 2.14. The normalized spacial score (nSPS) is 19.9. The highest BCUT2D eigenvalue weighted by Crippen LogP contribution is 2.31. The van der Waals surface area contributed by atoms with Crippen molar-refractivity contribution in [3.63, 3.8) is 0 Å². The van der Waals surface area contributed by atoms with E-state index in [1.807, 2.05) is 4.90 Å². The van der Waals surface area contributed by atoms with E-state index in [1.54, 1.807) is 12.1 Å². The number of nitrogens with zero attached hydrogens (tertiary/aromatic N) is 2. The molecule has 104 valence electrons. The molecule has 0 aliphatic carbocycles. The maximum absolute atomic E-state index is 10.8. The third kappa shape index (κ3) is 3.12. The van der Waals surface area contributed by atoms with Crippen molar-refractivity contribution < 1.29 is 14.8 Å². The van der Waals surface area contributed by atoms with Crippen molar-refractivity contribution in [1.82, 2.24) is 5.32 Å². The van der Waals surface area contributed by atoms with Crippen LogP contribution in [0.5, 0.6) is 5.75 Å². The summed E-state index contributed by atoms with van der Waals surface area (Å²) in [4.78, 5) is 12.3. The number of hydrogen-bond acceptors (Lipinski definition) is 6. The Balaban J connectivity index is 2.26. The molecule has 2 N–H and O–H groups in total. The van der Waals surface area contributed by atoms with Crippen molar-refractivity contribution in [3.05, 3.63) is 28.3 Å². The number of ether oxygens (including phenoxy) is 1. The Morgan fingerprint density at radius 2 is 2.37 bits per heavy atom. The zero-order valence-corrected chi connectivity index (χ0v) is 10.7. The molecule has 19 heavy (non-hydrogen) atoms. The number of nitro benzene ring substituents is 1. The van der Waals surface area contributed by atoms with Gasteiger partial charge < -0.3 is 20.1 Å². The van der Waals surface area contributed by atoms with E-state index in [1.165, 1.54) is 13.2 Å². The number of methoxy groups -OCH3 is 1. The van der Waals surface area contributed by atoms with Crippen LogP contribution in [0.1, 0.15) is 0 Å². The van der Waals surface area contributed by atoms with Gasteiger partial charge in [-0.25, -0.2) is 0 Å². The van der Waals surface area contributed by atoms with E-state index in [0.717, 1.165) is 18.8 Å². The van der Waals surface area contributed by atoms with Gasteiger partial charge in [-0.05, 0) is 6.07 Å². The summed E-state index contributed by atoms with van der Waals surface area (Å²) in [5.74, 6) is 0.231. The first kappa shape index (κ1) is 13.6. The summed E-state index contributed by atoms with van der Waals surface area (Å²) in [5, 5.41) is 23.7. The average molecular weight is 267 g/mol. The summed E-state index contributed by atoms with van der Waals surface area (Å²) in [6, 6.07) is 4.74. The van der Waals surface area contributed by atoms with Crippen LogP contribution in [0.15, 0.2) is 18.2 Å². The molecule has 1 aliphatic rings. The fourth-order valence-electron chi connectivity index (χ4n) is 2.14. The van der Waals surface area contributed by atoms with E-state index in [0.29, 0.717) is 13.1 Å². The van der Waals surface area contributed by atoms with E-state index in [9.17, 15) is 15.2 Å². The second kappa shape index (κ2) is 5.85. The lowest BCUT2D eigenvalue weighted by atomic mass is 10.2. The highest BCUT2D eigenvalue weighted by molar-refractivity contribution is 5.59. The Bertz CT molecular complexity index is 466. The number of nitro groups is 1. The number of benzene rings is 1. The molecule has 0 spiro atoms. The average Bonchev–Trinajstić information content (AvgIpc) is 2.62. The zero-order valence-electron chi connectivity index (χ0n) is 10.7. The quantitative estimate of drug-likeness (QED) is 0.608. The Morgan fingerprint density at radius 1 is 1.58 bits per heavy atom. The molecule has 1 unspecified atom stereocenters. The lowest BCUT2D eigenvalue weighted by Gasteiger charge is -2.24. The molecule has 7 heteroatoms. The summed E-state index contributed by atoms with van der Waals surface area (Å²) >= 11 is 0. The predicted molar refractivity (Wildman–Crippen MR) is 70.7 cm³/mol. The van der Waals surface area contributed by atoms with Crippen LogP contribution in [0.3, 0.4) is 0 Å². The van der Waals surface area contributed by atoms with Crippen molar-refractivity contribution in [1.29, 1.82) is 0 Å². The van der Waals surface area contributed by atoms with Gasteiger partial charge in [0.1, 0.15) is 0 Å². The molecule has 0 amide bonds. The number of β-amino-alcohol motifs (C(OH)–C–C–N with tert-alkyl or cyclic N) is 1. The molecule has 1 fully saturated rings. The van der Waals surface area contributed by atoms with Gasteiger partial charge in [-0.2, -0.15) is 0 Å². The van der Waals surface area contributed by atoms with Crippen LogP contribution < -0.4 is 15.0 Å². The zero-order chi connectivity index (χ0) is 13.8. The molecule has 7 nitrogen and oxygen atoms in total. The number of anilines is 1. The Kier molecular flexibility index (Phi) is 4.18. The lowest BCUT2D eigenvalue weighted by molar-refractivity contribution is -0.385. The van der Waals surface area contributed by atoms with Crippen LogP contribution in [0, 0.1) is 10.1 Å². The van der Waals surface area contributed by atoms with E-state index in [-0.39, 0.29) is 11.4 Å². The van der Waals surface area contributed by atoms with Gasteiger partial charge in [0.05, 0.1) is 18.1 Å². The Labute approximate surface area is 110 Å². The number of aliphatic hydroxyl groups is 1. The van der Waals surface area contributed by atoms with Gasteiger partial charge in [-0.15, -0.1) is 0 Å². The van der Waals surface area contributed by atoms with Gasteiger partial charge in [0, 0.05) is 44.0 Å². The largest absolute Gasteiger partial charge is 0.490 e. The first-order valence-corrected chi connectivity index (χ1v) is 6.08. The molecule has 1 heterocycles. The monoisotopic (exact) mass is 267 g/mol. The highest BCUT2D eigenvalue weighted by Gasteiger charge is 2.20. The smallest absolute Gasteiger partial charge is 0.311 e. The van der Waals surface area contributed by atoms with E-state index < -0.39 is 11.0 Å². The lowest BCUT2D eigenvalue weighted by Crippen LogP contribution is -2.32. The molecule has 0 aromatic heterocycles. The first-order valence-electron chi connectivity index (χ1n) is 6.08. The maximum atomic E-state index is 10.8. The second-order valence-electron chi connectivity index (χ2n) is 4.42. The summed E-state index contributed by atoms with van der Waals surface area (Å²) in [5.41, 5.74) is 0.755. The van der Waals surface area contributed by atoms with Crippen LogP contribution in [0.25, 0.3) is 0 Å². The van der Waals surface area contributed by atoms with Crippen molar-refractivity contribution in [3.8, 4) is 5.75 Å². The van der Waals surface area contributed by atoms with Crippen molar-refractivity contribution in [2.24, 2.45) is 0 Å². The molecule has 1 aromatic rings. The standard InChI is InChI=1S/C12H17N3O4/c1-19-12-6-9(2-3-11(12)15(17)18)14-5-4-13-7-10(16)8-14/h2-3,6,10,13,16H,4-5,7-8H2,1H3. The molecular formula is C12H17N3O4. The third-order valence-electron chi connectivity index (χ3n) is 3.09. The van der Waals surface area contributed by atoms with E-state index in [2.05, 4.69) is 5.32 Å². The van der Waals surface area contributed by atoms with Crippen LogP contribution in [0.2, 0.25) is 0 Å². The van der Waals surface area contributed by atoms with Gasteiger partial charge in [-0.1, -0.05) is 0 Å². The molecule has 0 radical (unpaired) electrons. The van der Waals surface area contributed by atoms with Gasteiger partial charge in [0.25, 0.3) is 0 Å². The summed E-state index contributed by atoms with van der Waals surface area (Å²) in [6.07, 6.45) is -0.455. The number of aliphatic hydroxyl groups excluding tert-OH is 1. The number of hydrogen-bond donors (Lipinski definition) is 2. The highest BCUT2D eigenvalue weighted by atomic mass is 16.6. The van der Waals surface area contributed by atoms with Crippen molar-refractivity contribution >= 4 is 11.4 Å². The summed E-state index contributed by atoms with van der Waals surface area (Å²) in [6.45, 7) is 2.54. The van der Waals surface area contributed by atoms with Gasteiger partial charge >= 0.3 is 5.69 Å². The topological polar surface area (TPSA) is 87.9 Å². The molecule has 1 atom stereocenters. The molecular weight excluding hydrogens is 250 g/mol. The number of nitrogens with one attached hydrogen (secondary N) is 1. The summed E-state index contributed by atoms with van der Waals surface area (Å²) < 4.78 is 5.05. The molecule has 0 saturated carbocycles. The van der Waals surface area contributed by atoms with Crippen LogP contribution in [0.4, 0.5) is 11.4 Å². The minimum atomic E-state index is -0.471. The van der Waals surface area contributed by atoms with E-state index in [4.69, 9.17) is 4.74 Å². The van der Waals surface area contributed by atoms with Crippen molar-refractivity contribution in [2.45, 2.75) is 6.10 Å². The van der Waals surface area contributed by atoms with Crippen LogP contribution in [-0.2, 0) is 0 Å². The SMILES string of the molecule is COc1cc(N2CCNCC(O)C2)ccc1[N+](=O)[O-]. The predicted octanol–water partition coefficient (Wildman–Crippen LogP) is 0.374. The number of rotatable bonds is 3. The Morgan fingerprint density at radius 3 is 3.05 bits per heavy atom. The van der Waals surface area contributed by atoms with E-state index >= 15 is 0 Å². The Hall–Kier alpha value is -1.86. The molecule has 1 aromatic carbocycles. The molecule has 1 aliphatic heterocycles. The molecule has 0 bridgehead atoms. The van der Waals surface area contributed by atoms with Gasteiger partial charge in [-0.3, -0.25) is 10.1 Å². The summed E-state index contributed by atoms with van der Waals surface area (Å²) in [7, 11) is 1.41. The fraction of sp³-hybridized carbons (Fsp3) is 0.500. The minimum absolute atomic E-state index is 0.0558. The van der Waals surface area contributed by atoms with Crippen molar-refractivity contribution in [2.75, 3.05) is 38.2 Å². The van der Waals surface area contributed by atoms with Crippen LogP contribution >= 0.6 is 0 Å². The second-order valence-corrected chi connectivity index (χ2v) is 4.42. The van der Waals surface area contributed by atoms with Crippen LogP contribution in [-0.4, -0.2) is 49.4 Å². The first-order chi connectivity index (χ1) is 9.11. The van der Waals surface area contributed by atoms with Gasteiger partial charge in [0.15, 0.2) is 5.75 Å². The molecule has 2 rings (SSSR count). The third-order valence-corrected chi connectivity index (χ3v) is 3.09. The maximum Gasteiger partial charge on any atom is 0.311 e. The molecule has 1 saturated heterocycles. The van der Waals surface area contributed by atoms with Gasteiger partial charge in [0.2, 0.25) is 0 Å². The minimum Gasteiger partial charge on any atom is -0.490 e.